The Bertz CT molecular complexity index is 797. The lowest BCUT2D eigenvalue weighted by Gasteiger charge is -2.32. The summed E-state index contributed by atoms with van der Waals surface area (Å²) in [6, 6.07) is 6.99. The Morgan fingerprint density at radius 2 is 1.82 bits per heavy atom. The number of esters is 1. The summed E-state index contributed by atoms with van der Waals surface area (Å²) in [6.45, 7) is 6.64. The molecule has 1 amide bonds. The van der Waals surface area contributed by atoms with Crippen molar-refractivity contribution in [1.82, 2.24) is 9.91 Å². The van der Waals surface area contributed by atoms with Crippen LogP contribution in [0, 0.1) is 5.92 Å². The van der Waals surface area contributed by atoms with Crippen molar-refractivity contribution in [3.8, 4) is 5.75 Å². The molecule has 0 N–H and O–H groups in total. The summed E-state index contributed by atoms with van der Waals surface area (Å²) >= 11 is 0. The van der Waals surface area contributed by atoms with E-state index < -0.39 is 5.97 Å². The van der Waals surface area contributed by atoms with Gasteiger partial charge in [-0.2, -0.15) is 5.10 Å². The van der Waals surface area contributed by atoms with E-state index in [2.05, 4.69) is 10.0 Å². The van der Waals surface area contributed by atoms with E-state index >= 15 is 0 Å². The second-order valence-corrected chi connectivity index (χ2v) is 7.59. The van der Waals surface area contributed by atoms with Crippen LogP contribution in [0.4, 0.5) is 0 Å². The van der Waals surface area contributed by atoms with Crippen molar-refractivity contribution < 1.29 is 19.1 Å². The smallest absolute Gasteiger partial charge is 0.308 e. The molecule has 150 valence electrons. The zero-order valence-corrected chi connectivity index (χ0v) is 16.7. The molecule has 0 aromatic heterocycles. The van der Waals surface area contributed by atoms with Crippen LogP contribution in [0.2, 0.25) is 0 Å². The number of piperidine rings is 1. The van der Waals surface area contributed by atoms with Gasteiger partial charge in [0.25, 0.3) is 5.91 Å². The number of benzene rings is 1. The van der Waals surface area contributed by atoms with Gasteiger partial charge < -0.3 is 4.74 Å². The quantitative estimate of drug-likeness (QED) is 0.575. The summed E-state index contributed by atoms with van der Waals surface area (Å²) in [5.74, 6) is 0.328. The van der Waals surface area contributed by atoms with E-state index in [1.54, 1.807) is 19.1 Å². The third-order valence-electron chi connectivity index (χ3n) is 5.37. The predicted molar refractivity (Wildman–Crippen MR) is 105 cm³/mol. The molecule has 1 fully saturated rings. The van der Waals surface area contributed by atoms with Crippen LogP contribution in [0.3, 0.4) is 0 Å². The van der Waals surface area contributed by atoms with Gasteiger partial charge in [0.2, 0.25) is 0 Å². The van der Waals surface area contributed by atoms with Crippen molar-refractivity contribution in [2.45, 2.75) is 46.1 Å². The fourth-order valence-corrected chi connectivity index (χ4v) is 3.90. The Labute approximate surface area is 165 Å². The number of hydrazone groups is 1. The Hall–Kier alpha value is -2.54. The number of nitrogens with zero attached hydrogens (tertiary/aromatic N) is 3. The zero-order valence-electron chi connectivity index (χ0n) is 16.7. The van der Waals surface area contributed by atoms with E-state index in [1.807, 2.05) is 19.1 Å². The molecule has 0 radical (unpaired) electrons. The van der Waals surface area contributed by atoms with E-state index in [-0.39, 0.29) is 30.2 Å². The van der Waals surface area contributed by atoms with Crippen LogP contribution in [0.25, 0.3) is 0 Å². The van der Waals surface area contributed by atoms with Gasteiger partial charge in [-0.1, -0.05) is 18.2 Å². The number of ether oxygens (including phenoxy) is 1. The van der Waals surface area contributed by atoms with Gasteiger partial charge in [0.05, 0.1) is 12.6 Å². The fraction of sp³-hybridized carbons (Fsp3) is 0.524. The summed E-state index contributed by atoms with van der Waals surface area (Å²) < 4.78 is 5.34. The molecule has 2 aliphatic rings. The summed E-state index contributed by atoms with van der Waals surface area (Å²) in [4.78, 5) is 38.0. The van der Waals surface area contributed by atoms with Crippen molar-refractivity contribution in [2.75, 3.05) is 19.6 Å². The van der Waals surface area contributed by atoms with Gasteiger partial charge in [-0.25, -0.2) is 5.01 Å². The highest BCUT2D eigenvalue weighted by atomic mass is 16.5. The first-order valence-electron chi connectivity index (χ1n) is 9.71. The van der Waals surface area contributed by atoms with E-state index in [4.69, 9.17) is 4.74 Å². The molecule has 0 saturated carbocycles. The minimum absolute atomic E-state index is 0.0826. The lowest BCUT2D eigenvalue weighted by atomic mass is 9.93. The molecule has 0 bridgehead atoms. The third kappa shape index (κ3) is 4.65. The van der Waals surface area contributed by atoms with Crippen molar-refractivity contribution in [3.63, 3.8) is 0 Å². The molecule has 0 spiro atoms. The van der Waals surface area contributed by atoms with Gasteiger partial charge in [0.1, 0.15) is 11.5 Å². The molecule has 1 saturated heterocycles. The van der Waals surface area contributed by atoms with Gasteiger partial charge in [0.15, 0.2) is 0 Å². The third-order valence-corrected chi connectivity index (χ3v) is 5.37. The second kappa shape index (κ2) is 8.65. The van der Waals surface area contributed by atoms with Gasteiger partial charge in [-0.3, -0.25) is 19.3 Å². The van der Waals surface area contributed by atoms with E-state index in [0.29, 0.717) is 12.2 Å². The molecule has 2 aliphatic heterocycles. The Morgan fingerprint density at radius 1 is 1.14 bits per heavy atom. The van der Waals surface area contributed by atoms with Crippen LogP contribution in [-0.2, 0) is 14.4 Å². The average Bonchev–Trinajstić information content (AvgIpc) is 3.04. The maximum Gasteiger partial charge on any atom is 0.308 e. The molecule has 7 heteroatoms. The van der Waals surface area contributed by atoms with Gasteiger partial charge in [-0.05, 0) is 45.8 Å². The van der Waals surface area contributed by atoms with Crippen molar-refractivity contribution in [2.24, 2.45) is 11.0 Å². The van der Waals surface area contributed by atoms with Crippen LogP contribution in [0.15, 0.2) is 29.4 Å². The lowest BCUT2D eigenvalue weighted by Crippen LogP contribution is -2.42. The standard InChI is InChI=1S/C21H27N3O4/c1-14-12-19(18-6-4-5-7-20(18)28-16(3)26)24(22-14)21(27)13-23-10-8-17(9-11-23)15(2)25/h4-7,17,19H,8-13H2,1-3H3. The SMILES string of the molecule is CC(=O)Oc1ccccc1C1CC(C)=NN1C(=O)CN1CCC(C(C)=O)CC1. The average molecular weight is 385 g/mol. The molecular weight excluding hydrogens is 358 g/mol. The summed E-state index contributed by atoms with van der Waals surface area (Å²) in [5, 5.41) is 5.98. The van der Waals surface area contributed by atoms with Gasteiger partial charge >= 0.3 is 5.97 Å². The number of rotatable bonds is 5. The van der Waals surface area contributed by atoms with Crippen LogP contribution in [-0.4, -0.2) is 52.9 Å². The number of likely N-dealkylation sites (tertiary alicyclic amines) is 1. The van der Waals surface area contributed by atoms with Crippen molar-refractivity contribution >= 4 is 23.4 Å². The number of hydrogen-bond donors (Lipinski definition) is 0. The van der Waals surface area contributed by atoms with Gasteiger partial charge in [0, 0.05) is 30.5 Å². The van der Waals surface area contributed by atoms with Crippen molar-refractivity contribution in [3.05, 3.63) is 29.8 Å². The molecule has 1 aromatic carbocycles. The Balaban J connectivity index is 1.71. The number of para-hydroxylation sites is 1. The molecule has 28 heavy (non-hydrogen) atoms. The molecule has 1 aromatic rings. The first-order chi connectivity index (χ1) is 13.3. The summed E-state index contributed by atoms with van der Waals surface area (Å²) in [5.41, 5.74) is 1.65. The first-order valence-corrected chi connectivity index (χ1v) is 9.71. The molecule has 3 rings (SSSR count). The maximum absolute atomic E-state index is 13.0. The van der Waals surface area contributed by atoms with Crippen molar-refractivity contribution in [1.29, 1.82) is 0 Å². The lowest BCUT2D eigenvalue weighted by molar-refractivity contribution is -0.134. The highest BCUT2D eigenvalue weighted by Crippen LogP contribution is 2.36. The molecule has 1 unspecified atom stereocenters. The first kappa shape index (κ1) is 20.2. The van der Waals surface area contributed by atoms with Gasteiger partial charge in [-0.15, -0.1) is 0 Å². The van der Waals surface area contributed by atoms with Crippen LogP contribution >= 0.6 is 0 Å². The normalized spacial score (nSPS) is 20.8. The summed E-state index contributed by atoms with van der Waals surface area (Å²) in [7, 11) is 0. The number of ketones is 1. The van der Waals surface area contributed by atoms with Crippen LogP contribution in [0.5, 0.6) is 5.75 Å². The number of Topliss-reactive ketones (excluding diaryl/α,β-unsaturated/α-hetero) is 1. The molecule has 7 nitrogen and oxygen atoms in total. The molecule has 1 atom stereocenters. The number of carbonyl (C=O) groups is 3. The monoisotopic (exact) mass is 385 g/mol. The maximum atomic E-state index is 13.0. The zero-order chi connectivity index (χ0) is 20.3. The van der Waals surface area contributed by atoms with Crippen LogP contribution < -0.4 is 4.74 Å². The topological polar surface area (TPSA) is 79.3 Å². The van der Waals surface area contributed by atoms with E-state index in [1.165, 1.54) is 11.9 Å². The Morgan fingerprint density at radius 3 is 2.46 bits per heavy atom. The number of hydrogen-bond acceptors (Lipinski definition) is 6. The minimum Gasteiger partial charge on any atom is -0.426 e. The predicted octanol–water partition coefficient (Wildman–Crippen LogP) is 2.56. The molecule has 2 heterocycles. The second-order valence-electron chi connectivity index (χ2n) is 7.59. The molecule has 0 aliphatic carbocycles. The summed E-state index contributed by atoms with van der Waals surface area (Å²) in [6.07, 6.45) is 2.20. The van der Waals surface area contributed by atoms with E-state index in [0.717, 1.165) is 37.2 Å². The minimum atomic E-state index is -0.394. The fourth-order valence-electron chi connectivity index (χ4n) is 3.90. The Kier molecular flexibility index (Phi) is 6.24. The largest absolute Gasteiger partial charge is 0.426 e. The number of carbonyl (C=O) groups excluding carboxylic acids is 3. The number of amides is 1. The molecular formula is C21H27N3O4. The van der Waals surface area contributed by atoms with Crippen LogP contribution in [0.1, 0.15) is 51.6 Å². The highest BCUT2D eigenvalue weighted by Gasteiger charge is 2.34. The van der Waals surface area contributed by atoms with E-state index in [9.17, 15) is 14.4 Å². The highest BCUT2D eigenvalue weighted by molar-refractivity contribution is 5.89.